The molecule has 0 aliphatic carbocycles. The standard InChI is InChI=1S/C15H17BrFN3/c1-11-4-2-5-13(8-11)20(7-3-6-18)15-14(17)9-12(16)10-19-15/h2,4-5,8-10H,3,6-7,18H2,1H3. The Labute approximate surface area is 126 Å². The zero-order chi connectivity index (χ0) is 14.5. The normalized spacial score (nSPS) is 10.6. The minimum atomic E-state index is -0.349. The van der Waals surface area contributed by atoms with Crippen molar-refractivity contribution in [3.63, 3.8) is 0 Å². The van der Waals surface area contributed by atoms with Gasteiger partial charge in [-0.1, -0.05) is 12.1 Å². The first kappa shape index (κ1) is 14.9. The highest BCUT2D eigenvalue weighted by atomic mass is 79.9. The van der Waals surface area contributed by atoms with Crippen LogP contribution in [0.15, 0.2) is 41.0 Å². The molecule has 5 heteroatoms. The van der Waals surface area contributed by atoms with E-state index in [1.165, 1.54) is 6.07 Å². The fourth-order valence-electron chi connectivity index (χ4n) is 2.01. The third-order valence-electron chi connectivity index (χ3n) is 2.94. The van der Waals surface area contributed by atoms with Crippen LogP contribution in [-0.4, -0.2) is 18.1 Å². The lowest BCUT2D eigenvalue weighted by Gasteiger charge is -2.24. The summed E-state index contributed by atoms with van der Waals surface area (Å²) in [5, 5.41) is 0. The van der Waals surface area contributed by atoms with E-state index in [9.17, 15) is 4.39 Å². The quantitative estimate of drug-likeness (QED) is 0.902. The minimum absolute atomic E-state index is 0.326. The molecule has 0 saturated carbocycles. The SMILES string of the molecule is Cc1cccc(N(CCCN)c2ncc(Br)cc2F)c1. The lowest BCUT2D eigenvalue weighted by molar-refractivity contribution is 0.615. The van der Waals surface area contributed by atoms with Gasteiger partial charge in [0.15, 0.2) is 11.6 Å². The van der Waals surface area contributed by atoms with E-state index in [0.717, 1.165) is 17.7 Å². The number of pyridine rings is 1. The third kappa shape index (κ3) is 3.55. The molecule has 3 nitrogen and oxygen atoms in total. The Hall–Kier alpha value is -1.46. The highest BCUT2D eigenvalue weighted by Gasteiger charge is 2.15. The molecule has 0 unspecified atom stereocenters. The summed E-state index contributed by atoms with van der Waals surface area (Å²) in [6.07, 6.45) is 2.37. The highest BCUT2D eigenvalue weighted by molar-refractivity contribution is 9.10. The van der Waals surface area contributed by atoms with Crippen molar-refractivity contribution < 1.29 is 4.39 Å². The van der Waals surface area contributed by atoms with Gasteiger partial charge in [0.1, 0.15) is 0 Å². The van der Waals surface area contributed by atoms with Crippen molar-refractivity contribution in [3.05, 3.63) is 52.4 Å². The second-order valence-corrected chi connectivity index (χ2v) is 5.51. The van der Waals surface area contributed by atoms with Gasteiger partial charge < -0.3 is 10.6 Å². The molecule has 1 aromatic heterocycles. The van der Waals surface area contributed by atoms with Crippen LogP contribution in [0.5, 0.6) is 0 Å². The molecule has 2 aromatic rings. The summed E-state index contributed by atoms with van der Waals surface area (Å²) >= 11 is 3.22. The summed E-state index contributed by atoms with van der Waals surface area (Å²) in [5.41, 5.74) is 7.62. The van der Waals surface area contributed by atoms with Crippen LogP contribution in [0.3, 0.4) is 0 Å². The van der Waals surface area contributed by atoms with E-state index in [2.05, 4.69) is 20.9 Å². The van der Waals surface area contributed by atoms with Crippen LogP contribution in [0.1, 0.15) is 12.0 Å². The lowest BCUT2D eigenvalue weighted by atomic mass is 10.2. The van der Waals surface area contributed by atoms with Gasteiger partial charge in [-0.3, -0.25) is 0 Å². The molecule has 0 atom stereocenters. The summed E-state index contributed by atoms with van der Waals surface area (Å²) in [7, 11) is 0. The first-order chi connectivity index (χ1) is 9.61. The molecule has 0 bridgehead atoms. The molecule has 0 aliphatic heterocycles. The molecule has 106 valence electrons. The number of anilines is 2. The molecule has 0 saturated heterocycles. The zero-order valence-electron chi connectivity index (χ0n) is 11.3. The van der Waals surface area contributed by atoms with E-state index in [0.29, 0.717) is 23.4 Å². The van der Waals surface area contributed by atoms with E-state index < -0.39 is 0 Å². The molecule has 0 fully saturated rings. The average Bonchev–Trinajstić information content (AvgIpc) is 2.41. The smallest absolute Gasteiger partial charge is 0.169 e. The van der Waals surface area contributed by atoms with Crippen molar-refractivity contribution in [2.24, 2.45) is 5.73 Å². The first-order valence-electron chi connectivity index (χ1n) is 6.47. The molecule has 0 amide bonds. The number of nitrogens with two attached hydrogens (primary N) is 1. The molecular weight excluding hydrogens is 321 g/mol. The maximum absolute atomic E-state index is 14.1. The largest absolute Gasteiger partial charge is 0.330 e. The number of benzene rings is 1. The molecule has 0 aliphatic rings. The van der Waals surface area contributed by atoms with Crippen molar-refractivity contribution in [3.8, 4) is 0 Å². The molecule has 0 radical (unpaired) electrons. The Morgan fingerprint density at radius 2 is 2.15 bits per heavy atom. The van der Waals surface area contributed by atoms with Crippen LogP contribution in [0.2, 0.25) is 0 Å². The lowest BCUT2D eigenvalue weighted by Crippen LogP contribution is -2.23. The van der Waals surface area contributed by atoms with Crippen LogP contribution in [-0.2, 0) is 0 Å². The van der Waals surface area contributed by atoms with Gasteiger partial charge in [-0.2, -0.15) is 0 Å². The van der Waals surface area contributed by atoms with Crippen LogP contribution in [0, 0.1) is 12.7 Å². The first-order valence-corrected chi connectivity index (χ1v) is 7.26. The van der Waals surface area contributed by atoms with Gasteiger partial charge in [-0.05, 0) is 59.6 Å². The Bertz CT molecular complexity index is 589. The molecule has 20 heavy (non-hydrogen) atoms. The van der Waals surface area contributed by atoms with Gasteiger partial charge in [0, 0.05) is 22.9 Å². The number of nitrogens with zero attached hydrogens (tertiary/aromatic N) is 2. The van der Waals surface area contributed by atoms with Crippen LogP contribution >= 0.6 is 15.9 Å². The van der Waals surface area contributed by atoms with Crippen LogP contribution in [0.25, 0.3) is 0 Å². The summed E-state index contributed by atoms with van der Waals surface area (Å²) in [6, 6.07) is 9.35. The number of aromatic nitrogens is 1. The van der Waals surface area contributed by atoms with Gasteiger partial charge in [0.2, 0.25) is 0 Å². The van der Waals surface area contributed by atoms with Crippen LogP contribution < -0.4 is 10.6 Å². The number of aryl methyl sites for hydroxylation is 1. The molecule has 2 rings (SSSR count). The monoisotopic (exact) mass is 337 g/mol. The predicted octanol–water partition coefficient (Wildman–Crippen LogP) is 3.78. The Kier molecular flexibility index (Phi) is 5.09. The number of halogens is 2. The Morgan fingerprint density at radius 3 is 2.80 bits per heavy atom. The molecule has 1 aromatic carbocycles. The second kappa shape index (κ2) is 6.81. The second-order valence-electron chi connectivity index (χ2n) is 4.59. The van der Waals surface area contributed by atoms with Crippen LogP contribution in [0.4, 0.5) is 15.9 Å². The maximum Gasteiger partial charge on any atom is 0.169 e. The summed E-state index contributed by atoms with van der Waals surface area (Å²) in [5.74, 6) is -0.0230. The number of hydrogen-bond acceptors (Lipinski definition) is 3. The topological polar surface area (TPSA) is 42.1 Å². The zero-order valence-corrected chi connectivity index (χ0v) is 12.9. The highest BCUT2D eigenvalue weighted by Crippen LogP contribution is 2.28. The predicted molar refractivity (Wildman–Crippen MR) is 83.8 cm³/mol. The maximum atomic E-state index is 14.1. The van der Waals surface area contributed by atoms with E-state index in [1.807, 2.05) is 36.1 Å². The van der Waals surface area contributed by atoms with Gasteiger partial charge in [-0.25, -0.2) is 9.37 Å². The minimum Gasteiger partial charge on any atom is -0.330 e. The Morgan fingerprint density at radius 1 is 1.35 bits per heavy atom. The van der Waals surface area contributed by atoms with E-state index in [4.69, 9.17) is 5.73 Å². The fraction of sp³-hybridized carbons (Fsp3) is 0.267. The molecular formula is C15H17BrFN3. The number of rotatable bonds is 5. The molecule has 1 heterocycles. The Balaban J connectivity index is 2.41. The van der Waals surface area contributed by atoms with Gasteiger partial charge in [0.25, 0.3) is 0 Å². The molecule has 2 N–H and O–H groups in total. The van der Waals surface area contributed by atoms with E-state index in [-0.39, 0.29) is 5.82 Å². The summed E-state index contributed by atoms with van der Waals surface area (Å²) in [4.78, 5) is 6.06. The third-order valence-corrected chi connectivity index (χ3v) is 3.38. The van der Waals surface area contributed by atoms with E-state index in [1.54, 1.807) is 6.20 Å². The number of hydrogen-bond donors (Lipinski definition) is 1. The van der Waals surface area contributed by atoms with Gasteiger partial charge in [-0.15, -0.1) is 0 Å². The van der Waals surface area contributed by atoms with E-state index >= 15 is 0 Å². The van der Waals surface area contributed by atoms with Crippen molar-refractivity contribution in [2.45, 2.75) is 13.3 Å². The van der Waals surface area contributed by atoms with Crippen molar-refractivity contribution in [1.29, 1.82) is 0 Å². The van der Waals surface area contributed by atoms with Crippen molar-refractivity contribution >= 4 is 27.4 Å². The summed E-state index contributed by atoms with van der Waals surface area (Å²) in [6.45, 7) is 3.20. The average molecular weight is 338 g/mol. The van der Waals surface area contributed by atoms with Crippen molar-refractivity contribution in [2.75, 3.05) is 18.0 Å². The summed E-state index contributed by atoms with van der Waals surface area (Å²) < 4.78 is 14.8. The van der Waals surface area contributed by atoms with Gasteiger partial charge >= 0.3 is 0 Å². The van der Waals surface area contributed by atoms with Crippen molar-refractivity contribution in [1.82, 2.24) is 4.98 Å². The molecule has 0 spiro atoms. The fourth-order valence-corrected chi connectivity index (χ4v) is 2.31. The van der Waals surface area contributed by atoms with Gasteiger partial charge in [0.05, 0.1) is 0 Å².